The number of aromatic nitrogens is 1. The van der Waals surface area contributed by atoms with Crippen LogP contribution in [0.3, 0.4) is 0 Å². The molecule has 0 unspecified atom stereocenters. The number of fused-ring (bicyclic) bond motifs is 2. The summed E-state index contributed by atoms with van der Waals surface area (Å²) in [6.07, 6.45) is 2.18. The fourth-order valence-corrected chi connectivity index (χ4v) is 4.19. The SMILES string of the molecule is C[C@@H](c1ccc2scnc2c1)N1CCCc2cc(C#N)ccc2C1. The summed E-state index contributed by atoms with van der Waals surface area (Å²) in [5, 5.41) is 9.10. The van der Waals surface area contributed by atoms with Gasteiger partial charge in [0, 0.05) is 12.6 Å². The molecule has 0 saturated carbocycles. The van der Waals surface area contributed by atoms with Crippen LogP contribution >= 0.6 is 11.3 Å². The largest absolute Gasteiger partial charge is 0.292 e. The summed E-state index contributed by atoms with van der Waals surface area (Å²) in [6.45, 7) is 4.30. The Morgan fingerprint density at radius 3 is 3.00 bits per heavy atom. The van der Waals surface area contributed by atoms with Crippen molar-refractivity contribution in [3.8, 4) is 6.07 Å². The number of hydrogen-bond donors (Lipinski definition) is 0. The number of nitriles is 1. The molecule has 4 heteroatoms. The van der Waals surface area contributed by atoms with Crippen molar-refractivity contribution >= 4 is 21.6 Å². The van der Waals surface area contributed by atoms with Gasteiger partial charge in [-0.15, -0.1) is 11.3 Å². The molecule has 4 rings (SSSR count). The van der Waals surface area contributed by atoms with Crippen molar-refractivity contribution in [2.45, 2.75) is 32.4 Å². The normalized spacial score (nSPS) is 16.3. The van der Waals surface area contributed by atoms with Crippen LogP contribution in [0.4, 0.5) is 0 Å². The third kappa shape index (κ3) is 2.82. The molecule has 0 bridgehead atoms. The average molecular weight is 333 g/mol. The molecule has 1 aliphatic rings. The predicted molar refractivity (Wildman–Crippen MR) is 97.9 cm³/mol. The monoisotopic (exact) mass is 333 g/mol. The predicted octanol–water partition coefficient (Wildman–Crippen LogP) is 4.68. The van der Waals surface area contributed by atoms with Gasteiger partial charge < -0.3 is 0 Å². The fraction of sp³-hybridized carbons (Fsp3) is 0.300. The number of hydrogen-bond acceptors (Lipinski definition) is 4. The van der Waals surface area contributed by atoms with E-state index < -0.39 is 0 Å². The van der Waals surface area contributed by atoms with Gasteiger partial charge in [-0.1, -0.05) is 12.1 Å². The number of aryl methyl sites for hydroxylation is 1. The standard InChI is InChI=1S/C20H19N3S/c1-14(16-6-7-20-19(10-16)22-13-24-20)23-8-2-3-17-9-15(11-21)4-5-18(17)12-23/h4-7,9-10,13-14H,2-3,8,12H2,1H3/t14-/m0/s1. The highest BCUT2D eigenvalue weighted by Gasteiger charge is 2.20. The smallest absolute Gasteiger partial charge is 0.0991 e. The first-order chi connectivity index (χ1) is 11.7. The lowest BCUT2D eigenvalue weighted by atomic mass is 10.0. The zero-order valence-corrected chi connectivity index (χ0v) is 14.5. The Hall–Kier alpha value is -2.22. The van der Waals surface area contributed by atoms with E-state index in [1.165, 1.54) is 21.4 Å². The summed E-state index contributed by atoms with van der Waals surface area (Å²) in [6, 6.07) is 15.4. The van der Waals surface area contributed by atoms with Crippen molar-refractivity contribution in [2.24, 2.45) is 0 Å². The third-order valence-electron chi connectivity index (χ3n) is 4.98. The van der Waals surface area contributed by atoms with Gasteiger partial charge in [0.1, 0.15) is 0 Å². The first-order valence-corrected chi connectivity index (χ1v) is 9.21. The molecule has 3 nitrogen and oxygen atoms in total. The second-order valence-corrected chi connectivity index (χ2v) is 7.31. The molecule has 2 aromatic carbocycles. The molecule has 0 fully saturated rings. The van der Waals surface area contributed by atoms with Crippen LogP contribution in [0.1, 0.15) is 41.6 Å². The maximum absolute atomic E-state index is 9.10. The van der Waals surface area contributed by atoms with E-state index in [1.807, 2.05) is 11.6 Å². The van der Waals surface area contributed by atoms with Gasteiger partial charge in [0.2, 0.25) is 0 Å². The minimum atomic E-state index is 0.359. The van der Waals surface area contributed by atoms with Crippen LogP contribution in [0, 0.1) is 11.3 Å². The molecule has 2 heterocycles. The first-order valence-electron chi connectivity index (χ1n) is 8.34. The summed E-state index contributed by atoms with van der Waals surface area (Å²) < 4.78 is 1.25. The quantitative estimate of drug-likeness (QED) is 0.684. The summed E-state index contributed by atoms with van der Waals surface area (Å²) in [5.41, 5.74) is 7.79. The third-order valence-corrected chi connectivity index (χ3v) is 5.79. The van der Waals surface area contributed by atoms with E-state index >= 15 is 0 Å². The minimum Gasteiger partial charge on any atom is -0.292 e. The van der Waals surface area contributed by atoms with Crippen molar-refractivity contribution in [3.05, 3.63) is 64.2 Å². The van der Waals surface area contributed by atoms with Crippen molar-refractivity contribution in [3.63, 3.8) is 0 Å². The Labute approximate surface area is 146 Å². The molecule has 0 aliphatic carbocycles. The molecule has 0 saturated heterocycles. The van der Waals surface area contributed by atoms with Crippen molar-refractivity contribution in [1.29, 1.82) is 5.26 Å². The molecule has 1 aromatic heterocycles. The molecule has 24 heavy (non-hydrogen) atoms. The number of nitrogens with zero attached hydrogens (tertiary/aromatic N) is 3. The van der Waals surface area contributed by atoms with E-state index in [-0.39, 0.29) is 0 Å². The van der Waals surface area contributed by atoms with E-state index in [0.717, 1.165) is 37.0 Å². The molecular formula is C20H19N3S. The van der Waals surface area contributed by atoms with Crippen LogP contribution in [0.5, 0.6) is 0 Å². The van der Waals surface area contributed by atoms with Gasteiger partial charge >= 0.3 is 0 Å². The van der Waals surface area contributed by atoms with Crippen LogP contribution in [-0.2, 0) is 13.0 Å². The Morgan fingerprint density at radius 2 is 2.12 bits per heavy atom. The van der Waals surface area contributed by atoms with Crippen LogP contribution in [0.2, 0.25) is 0 Å². The number of thiazole rings is 1. The van der Waals surface area contributed by atoms with E-state index in [9.17, 15) is 0 Å². The van der Waals surface area contributed by atoms with Gasteiger partial charge in [-0.05, 0) is 67.3 Å². The summed E-state index contributed by atoms with van der Waals surface area (Å²) in [7, 11) is 0. The second-order valence-electron chi connectivity index (χ2n) is 6.42. The summed E-state index contributed by atoms with van der Waals surface area (Å²) in [5.74, 6) is 0. The van der Waals surface area contributed by atoms with Crippen LogP contribution in [0.15, 0.2) is 41.9 Å². The highest BCUT2D eigenvalue weighted by atomic mass is 32.1. The molecule has 0 spiro atoms. The summed E-state index contributed by atoms with van der Waals surface area (Å²) in [4.78, 5) is 6.98. The number of benzene rings is 2. The Kier molecular flexibility index (Phi) is 4.05. The van der Waals surface area contributed by atoms with Gasteiger partial charge in [0.15, 0.2) is 0 Å². The molecule has 1 atom stereocenters. The van der Waals surface area contributed by atoms with Crippen LogP contribution in [-0.4, -0.2) is 16.4 Å². The van der Waals surface area contributed by atoms with E-state index in [4.69, 9.17) is 5.26 Å². The Morgan fingerprint density at radius 1 is 1.21 bits per heavy atom. The van der Waals surface area contributed by atoms with Gasteiger partial charge in [0.25, 0.3) is 0 Å². The van der Waals surface area contributed by atoms with Crippen LogP contribution < -0.4 is 0 Å². The highest BCUT2D eigenvalue weighted by molar-refractivity contribution is 7.16. The molecular weight excluding hydrogens is 314 g/mol. The van der Waals surface area contributed by atoms with Crippen molar-refractivity contribution in [1.82, 2.24) is 9.88 Å². The second kappa shape index (κ2) is 6.35. The lowest BCUT2D eigenvalue weighted by molar-refractivity contribution is 0.205. The lowest BCUT2D eigenvalue weighted by Gasteiger charge is -2.28. The number of rotatable bonds is 2. The molecule has 1 aliphatic heterocycles. The van der Waals surface area contributed by atoms with Gasteiger partial charge in [-0.25, -0.2) is 4.98 Å². The highest BCUT2D eigenvalue weighted by Crippen LogP contribution is 2.29. The molecule has 0 amide bonds. The van der Waals surface area contributed by atoms with E-state index in [2.05, 4.69) is 53.2 Å². The maximum Gasteiger partial charge on any atom is 0.0991 e. The van der Waals surface area contributed by atoms with E-state index in [0.29, 0.717) is 6.04 Å². The first kappa shape index (κ1) is 15.3. The summed E-state index contributed by atoms with van der Waals surface area (Å²) >= 11 is 1.69. The molecule has 0 N–H and O–H groups in total. The lowest BCUT2D eigenvalue weighted by Crippen LogP contribution is -2.26. The zero-order chi connectivity index (χ0) is 16.5. The van der Waals surface area contributed by atoms with Crippen molar-refractivity contribution in [2.75, 3.05) is 6.54 Å². The maximum atomic E-state index is 9.10. The van der Waals surface area contributed by atoms with E-state index in [1.54, 1.807) is 11.3 Å². The topological polar surface area (TPSA) is 39.9 Å². The molecule has 0 radical (unpaired) electrons. The van der Waals surface area contributed by atoms with Gasteiger partial charge in [0.05, 0.1) is 27.4 Å². The van der Waals surface area contributed by atoms with Crippen LogP contribution in [0.25, 0.3) is 10.2 Å². The molecule has 120 valence electrons. The average Bonchev–Trinajstić information content (AvgIpc) is 2.98. The minimum absolute atomic E-state index is 0.359. The van der Waals surface area contributed by atoms with Gasteiger partial charge in [-0.3, -0.25) is 4.90 Å². The fourth-order valence-electron chi connectivity index (χ4n) is 3.53. The Balaban J connectivity index is 1.62. The zero-order valence-electron chi connectivity index (χ0n) is 13.7. The Bertz CT molecular complexity index is 922. The van der Waals surface area contributed by atoms with Crippen molar-refractivity contribution < 1.29 is 0 Å². The van der Waals surface area contributed by atoms with Gasteiger partial charge in [-0.2, -0.15) is 5.26 Å². The molecule has 3 aromatic rings.